The highest BCUT2D eigenvalue weighted by molar-refractivity contribution is 6.48. The minimum absolute atomic E-state index is 0.395. The Balaban J connectivity index is 2.17. The molecule has 1 aromatic carbocycles. The summed E-state index contributed by atoms with van der Waals surface area (Å²) in [6.45, 7) is 6.84. The Labute approximate surface area is 107 Å². The fourth-order valence-corrected chi connectivity index (χ4v) is 2.55. The predicted octanol–water partition coefficient (Wildman–Crippen LogP) is 5.21. The second-order valence-electron chi connectivity index (χ2n) is 5.16. The van der Waals surface area contributed by atoms with Gasteiger partial charge in [0.1, 0.15) is 0 Å². The molecule has 2 rings (SSSR count). The van der Waals surface area contributed by atoms with Crippen LogP contribution in [-0.4, -0.2) is 0 Å². The van der Waals surface area contributed by atoms with Crippen molar-refractivity contribution in [2.75, 3.05) is 0 Å². The zero-order valence-electron chi connectivity index (χ0n) is 9.80. The number of rotatable bonds is 2. The minimum Gasteiger partial charge on any atom is -0.0843 e. The molecule has 16 heavy (non-hydrogen) atoms. The van der Waals surface area contributed by atoms with E-state index >= 15 is 0 Å². The molecule has 0 heterocycles. The van der Waals surface area contributed by atoms with Crippen molar-refractivity contribution in [2.24, 2.45) is 17.3 Å². The van der Waals surface area contributed by atoms with Gasteiger partial charge in [-0.15, -0.1) is 0 Å². The van der Waals surface area contributed by atoms with Gasteiger partial charge in [-0.3, -0.25) is 0 Å². The Kier molecular flexibility index (Phi) is 3.07. The van der Waals surface area contributed by atoms with Crippen molar-refractivity contribution in [2.45, 2.75) is 20.8 Å². The van der Waals surface area contributed by atoms with Gasteiger partial charge in [-0.2, -0.15) is 0 Å². The van der Waals surface area contributed by atoms with Gasteiger partial charge in [0.05, 0.1) is 0 Å². The Morgan fingerprint density at radius 2 is 1.75 bits per heavy atom. The molecule has 0 amide bonds. The van der Waals surface area contributed by atoms with Gasteiger partial charge >= 0.3 is 0 Å². The van der Waals surface area contributed by atoms with Gasteiger partial charge < -0.3 is 0 Å². The van der Waals surface area contributed by atoms with E-state index in [0.29, 0.717) is 17.3 Å². The molecule has 0 spiro atoms. The second-order valence-corrected chi connectivity index (χ2v) is 6.00. The van der Waals surface area contributed by atoms with Crippen LogP contribution in [0.5, 0.6) is 0 Å². The van der Waals surface area contributed by atoms with Gasteiger partial charge in [0.15, 0.2) is 0 Å². The van der Waals surface area contributed by atoms with Crippen LogP contribution < -0.4 is 0 Å². The van der Waals surface area contributed by atoms with Crippen LogP contribution in [0.25, 0.3) is 5.03 Å². The molecule has 1 saturated carbocycles. The number of allylic oxidation sites excluding steroid dienone is 1. The predicted molar refractivity (Wildman–Crippen MR) is 71.7 cm³/mol. The van der Waals surface area contributed by atoms with E-state index in [9.17, 15) is 0 Å². The van der Waals surface area contributed by atoms with E-state index in [1.54, 1.807) is 0 Å². The average Bonchev–Trinajstić information content (AvgIpc) is 2.69. The first kappa shape index (κ1) is 12.0. The monoisotopic (exact) mass is 254 g/mol. The lowest BCUT2D eigenvalue weighted by Gasteiger charge is -2.01. The van der Waals surface area contributed by atoms with E-state index in [1.165, 1.54) is 0 Å². The second kappa shape index (κ2) is 4.09. The van der Waals surface area contributed by atoms with E-state index in [0.717, 1.165) is 15.6 Å². The van der Waals surface area contributed by atoms with E-state index < -0.39 is 0 Å². The van der Waals surface area contributed by atoms with Crippen LogP contribution in [-0.2, 0) is 0 Å². The van der Waals surface area contributed by atoms with Crippen LogP contribution in [0.4, 0.5) is 0 Å². The Morgan fingerprint density at radius 1 is 1.25 bits per heavy atom. The molecule has 0 aromatic heterocycles. The van der Waals surface area contributed by atoms with Crippen molar-refractivity contribution < 1.29 is 0 Å². The van der Waals surface area contributed by atoms with Crippen LogP contribution in [0.15, 0.2) is 30.3 Å². The molecule has 1 aromatic rings. The first-order valence-electron chi connectivity index (χ1n) is 5.56. The SMILES string of the molecule is CC1C(/C=C(\Cl)c2ccc(Cl)cc2)C1(C)C. The van der Waals surface area contributed by atoms with E-state index in [4.69, 9.17) is 23.2 Å². The lowest BCUT2D eigenvalue weighted by atomic mass is 10.1. The van der Waals surface area contributed by atoms with Crippen molar-refractivity contribution in [3.05, 3.63) is 40.9 Å². The number of hydrogen-bond donors (Lipinski definition) is 0. The summed E-state index contributed by atoms with van der Waals surface area (Å²) in [4.78, 5) is 0. The number of halogens is 2. The largest absolute Gasteiger partial charge is 0.0843 e. The zero-order valence-corrected chi connectivity index (χ0v) is 11.3. The topological polar surface area (TPSA) is 0 Å². The van der Waals surface area contributed by atoms with Gasteiger partial charge in [-0.1, -0.05) is 62.2 Å². The summed E-state index contributed by atoms with van der Waals surface area (Å²) in [5.41, 5.74) is 1.44. The fourth-order valence-electron chi connectivity index (χ4n) is 2.16. The standard InChI is InChI=1S/C14H16Cl2/c1-9-12(14(9,2)3)8-13(16)10-4-6-11(15)7-5-10/h4-9,12H,1-3H3/b13-8-. The summed E-state index contributed by atoms with van der Waals surface area (Å²) < 4.78 is 0. The maximum absolute atomic E-state index is 6.30. The van der Waals surface area contributed by atoms with E-state index in [-0.39, 0.29) is 0 Å². The third kappa shape index (κ3) is 2.14. The van der Waals surface area contributed by atoms with Crippen LogP contribution >= 0.6 is 23.2 Å². The van der Waals surface area contributed by atoms with E-state index in [1.807, 2.05) is 24.3 Å². The summed E-state index contributed by atoms with van der Waals surface area (Å²) in [5.74, 6) is 1.31. The number of benzene rings is 1. The number of hydrogen-bond acceptors (Lipinski definition) is 0. The molecule has 86 valence electrons. The van der Waals surface area contributed by atoms with Crippen molar-refractivity contribution in [1.82, 2.24) is 0 Å². The highest BCUT2D eigenvalue weighted by Crippen LogP contribution is 2.59. The van der Waals surface area contributed by atoms with Crippen LogP contribution in [0.1, 0.15) is 26.3 Å². The van der Waals surface area contributed by atoms with Gasteiger partial charge in [-0.25, -0.2) is 0 Å². The van der Waals surface area contributed by atoms with Gasteiger partial charge in [0.2, 0.25) is 0 Å². The van der Waals surface area contributed by atoms with Gasteiger partial charge in [0, 0.05) is 10.1 Å². The van der Waals surface area contributed by atoms with Crippen LogP contribution in [0.2, 0.25) is 5.02 Å². The summed E-state index contributed by atoms with van der Waals surface area (Å²) in [6, 6.07) is 7.66. The first-order valence-corrected chi connectivity index (χ1v) is 6.32. The van der Waals surface area contributed by atoms with Crippen LogP contribution in [0.3, 0.4) is 0 Å². The average molecular weight is 255 g/mol. The van der Waals surface area contributed by atoms with E-state index in [2.05, 4.69) is 26.8 Å². The summed E-state index contributed by atoms with van der Waals surface area (Å²) in [5, 5.41) is 1.58. The lowest BCUT2D eigenvalue weighted by Crippen LogP contribution is -1.88. The third-order valence-electron chi connectivity index (χ3n) is 3.91. The molecule has 0 bridgehead atoms. The quantitative estimate of drug-likeness (QED) is 0.680. The molecule has 0 aliphatic heterocycles. The van der Waals surface area contributed by atoms with Crippen molar-refractivity contribution in [3.63, 3.8) is 0 Å². The molecule has 1 aliphatic rings. The fraction of sp³-hybridized carbons (Fsp3) is 0.429. The summed E-state index contributed by atoms with van der Waals surface area (Å²) in [7, 11) is 0. The summed E-state index contributed by atoms with van der Waals surface area (Å²) >= 11 is 12.1. The Bertz CT molecular complexity index is 415. The van der Waals surface area contributed by atoms with Crippen molar-refractivity contribution in [3.8, 4) is 0 Å². The van der Waals surface area contributed by atoms with Gasteiger partial charge in [0.25, 0.3) is 0 Å². The Hall–Kier alpha value is -0.460. The maximum atomic E-state index is 6.30. The molecule has 0 radical (unpaired) electrons. The molecule has 0 N–H and O–H groups in total. The lowest BCUT2D eigenvalue weighted by molar-refractivity contribution is 0.570. The smallest absolute Gasteiger partial charge is 0.0441 e. The molecule has 2 unspecified atom stereocenters. The summed E-state index contributed by atoms with van der Waals surface area (Å²) in [6.07, 6.45) is 2.18. The molecule has 2 heteroatoms. The van der Waals surface area contributed by atoms with Crippen LogP contribution in [0, 0.1) is 17.3 Å². The third-order valence-corrected chi connectivity index (χ3v) is 4.50. The maximum Gasteiger partial charge on any atom is 0.0441 e. The normalized spacial score (nSPS) is 27.9. The molecule has 2 atom stereocenters. The molecule has 0 saturated heterocycles. The first-order chi connectivity index (χ1) is 7.43. The van der Waals surface area contributed by atoms with Gasteiger partial charge in [-0.05, 0) is 34.9 Å². The highest BCUT2D eigenvalue weighted by atomic mass is 35.5. The highest BCUT2D eigenvalue weighted by Gasteiger charge is 2.52. The minimum atomic E-state index is 0.395. The molecular weight excluding hydrogens is 239 g/mol. The molecule has 1 aliphatic carbocycles. The Morgan fingerprint density at radius 3 is 2.19 bits per heavy atom. The molecule has 0 nitrogen and oxygen atoms in total. The van der Waals surface area contributed by atoms with Crippen molar-refractivity contribution in [1.29, 1.82) is 0 Å². The molecule has 1 fully saturated rings. The zero-order chi connectivity index (χ0) is 11.9. The van der Waals surface area contributed by atoms with Crippen molar-refractivity contribution >= 4 is 28.2 Å². The molecular formula is C14H16Cl2.